The van der Waals surface area contributed by atoms with Crippen LogP contribution in [0.1, 0.15) is 128 Å². The number of rotatable bonds is 7. The van der Waals surface area contributed by atoms with E-state index in [9.17, 15) is 45.9 Å². The Bertz CT molecular complexity index is 2310. The van der Waals surface area contributed by atoms with Crippen molar-refractivity contribution in [2.75, 3.05) is 13.7 Å². The number of allylic oxidation sites excluding steroid dienone is 2. The van der Waals surface area contributed by atoms with Gasteiger partial charge in [0.1, 0.15) is 17.0 Å². The van der Waals surface area contributed by atoms with Crippen LogP contribution in [0.2, 0.25) is 0 Å². The maximum atomic E-state index is 15.0. The van der Waals surface area contributed by atoms with E-state index in [1.807, 2.05) is 19.1 Å². The molecule has 0 unspecified atom stereocenters. The number of aliphatic hydroxyl groups is 1. The normalized spacial score (nSPS) is 32.5. The van der Waals surface area contributed by atoms with Gasteiger partial charge in [-0.25, -0.2) is 13.4 Å². The van der Waals surface area contributed by atoms with Gasteiger partial charge in [0.15, 0.2) is 17.2 Å². The molecule has 1 aromatic heterocycles. The molecule has 17 heteroatoms. The number of nitrogens with one attached hydrogen (secondary N) is 1. The van der Waals surface area contributed by atoms with Crippen LogP contribution in [0.4, 0.5) is 13.2 Å². The van der Waals surface area contributed by atoms with Crippen molar-refractivity contribution in [2.45, 2.75) is 151 Å². The fourth-order valence-corrected chi connectivity index (χ4v) is 11.4. The number of ketones is 1. The second kappa shape index (κ2) is 14.9. The average Bonchev–Trinajstić information content (AvgIpc) is 4.06. The van der Waals surface area contributed by atoms with Gasteiger partial charge in [0.05, 0.1) is 47.4 Å². The lowest BCUT2D eigenvalue weighted by Gasteiger charge is -2.44. The lowest BCUT2D eigenvalue weighted by atomic mass is 9.77. The van der Waals surface area contributed by atoms with E-state index in [0.29, 0.717) is 50.7 Å². The van der Waals surface area contributed by atoms with Crippen molar-refractivity contribution in [3.05, 3.63) is 41.6 Å². The molecule has 61 heavy (non-hydrogen) atoms. The highest BCUT2D eigenvalue weighted by molar-refractivity contribution is 7.91. The number of ether oxygens (including phenoxy) is 3. The number of alkyl halides is 3. The van der Waals surface area contributed by atoms with Gasteiger partial charge in [-0.15, -0.1) is 0 Å². The van der Waals surface area contributed by atoms with E-state index < -0.39 is 109 Å². The van der Waals surface area contributed by atoms with E-state index in [1.165, 1.54) is 37.1 Å². The predicted octanol–water partition coefficient (Wildman–Crippen LogP) is 6.57. The number of aromatic nitrogens is 1. The van der Waals surface area contributed by atoms with Crippen molar-refractivity contribution in [1.29, 1.82) is 0 Å². The molecule has 1 aromatic carbocycles. The van der Waals surface area contributed by atoms with Crippen LogP contribution in [0.3, 0.4) is 0 Å². The number of amides is 2. The summed E-state index contributed by atoms with van der Waals surface area (Å²) >= 11 is 0. The van der Waals surface area contributed by atoms with Crippen LogP contribution in [0.15, 0.2) is 30.4 Å². The summed E-state index contributed by atoms with van der Waals surface area (Å²) in [6.07, 6.45) is 3.31. The first-order valence-corrected chi connectivity index (χ1v) is 22.8. The van der Waals surface area contributed by atoms with Crippen LogP contribution in [0, 0.1) is 17.3 Å². The quantitative estimate of drug-likeness (QED) is 0.227. The van der Waals surface area contributed by atoms with Crippen molar-refractivity contribution >= 4 is 44.5 Å². The largest absolute Gasteiger partial charge is 0.497 e. The first kappa shape index (κ1) is 43.4. The molecule has 6 aliphatic rings. The van der Waals surface area contributed by atoms with Crippen LogP contribution in [0.25, 0.3) is 10.9 Å². The number of sulfonamides is 1. The lowest BCUT2D eigenvalue weighted by molar-refractivity contribution is -0.169. The number of fused-ring (bicyclic) bond motifs is 5. The van der Waals surface area contributed by atoms with Gasteiger partial charge in [0, 0.05) is 36.1 Å². The summed E-state index contributed by atoms with van der Waals surface area (Å²) in [5, 5.41) is 12.5. The van der Waals surface area contributed by atoms with Gasteiger partial charge in [-0.05, 0) is 103 Å². The summed E-state index contributed by atoms with van der Waals surface area (Å²) in [5.41, 5.74) is -7.51. The number of carbonyl (C=O) groups excluding carboxylic acids is 4. The first-order chi connectivity index (χ1) is 28.5. The molecule has 1 saturated heterocycles. The van der Waals surface area contributed by atoms with Crippen molar-refractivity contribution in [3.63, 3.8) is 0 Å². The zero-order valence-corrected chi connectivity index (χ0v) is 35.8. The van der Waals surface area contributed by atoms with E-state index in [1.54, 1.807) is 6.92 Å². The minimum absolute atomic E-state index is 0.0593. The molecular weight excluding hydrogens is 820 g/mol. The SMILES string of the molecule is COc1ccc2nc(C(F)(F)F)c3c(c2c1)[C@](C)(O)C[C@]1(C[C@H]2C(=O)C[C@]4(C(=O)NS(=O)(=O)C5(C)CC5)C[C@H]4/C=C\CCCCC[C@H](CC(=O)OC4(C)CCC4)C(=O)N2C1)O3. The van der Waals surface area contributed by atoms with Gasteiger partial charge >= 0.3 is 12.1 Å². The molecule has 1 spiro atoms. The summed E-state index contributed by atoms with van der Waals surface area (Å²) in [6.45, 7) is 4.31. The van der Waals surface area contributed by atoms with E-state index >= 15 is 0 Å². The molecular formula is C44H54F3N3O10S. The third-order valence-corrected chi connectivity index (χ3v) is 16.4. The molecule has 8 rings (SSSR count). The number of nitrogens with zero attached hydrogens (tertiary/aromatic N) is 2. The third-order valence-electron chi connectivity index (χ3n) is 14.2. The molecule has 2 aromatic rings. The number of benzene rings is 1. The number of hydrogen-bond acceptors (Lipinski definition) is 11. The van der Waals surface area contributed by atoms with Gasteiger partial charge in [0.2, 0.25) is 21.8 Å². The van der Waals surface area contributed by atoms with Crippen LogP contribution < -0.4 is 14.2 Å². The van der Waals surface area contributed by atoms with Crippen LogP contribution in [0.5, 0.6) is 11.5 Å². The minimum Gasteiger partial charge on any atom is -0.497 e. The lowest BCUT2D eigenvalue weighted by Crippen LogP contribution is -2.51. The molecule has 2 amide bonds. The molecule has 3 saturated carbocycles. The fraction of sp³-hybridized carbons (Fsp3) is 0.659. The van der Waals surface area contributed by atoms with Crippen molar-refractivity contribution in [2.24, 2.45) is 17.3 Å². The van der Waals surface area contributed by atoms with Gasteiger partial charge in [-0.2, -0.15) is 13.2 Å². The maximum Gasteiger partial charge on any atom is 0.437 e. The van der Waals surface area contributed by atoms with E-state index in [-0.39, 0.29) is 48.6 Å². The molecule has 3 aliphatic heterocycles. The highest BCUT2D eigenvalue weighted by atomic mass is 32.2. The highest BCUT2D eigenvalue weighted by Crippen LogP contribution is 2.59. The number of pyridine rings is 1. The van der Waals surface area contributed by atoms with Crippen LogP contribution >= 0.6 is 0 Å². The molecule has 332 valence electrons. The second-order valence-corrected chi connectivity index (χ2v) is 21.4. The molecule has 0 bridgehead atoms. The topological polar surface area (TPSA) is 178 Å². The molecule has 0 radical (unpaired) electrons. The Balaban J connectivity index is 1.19. The molecule has 6 atom stereocenters. The Morgan fingerprint density at radius 1 is 1.05 bits per heavy atom. The zero-order valence-electron chi connectivity index (χ0n) is 35.0. The van der Waals surface area contributed by atoms with Crippen molar-refractivity contribution in [1.82, 2.24) is 14.6 Å². The summed E-state index contributed by atoms with van der Waals surface area (Å²) in [4.78, 5) is 62.6. The first-order valence-electron chi connectivity index (χ1n) is 21.3. The number of carbonyl (C=O) groups is 4. The highest BCUT2D eigenvalue weighted by Gasteiger charge is 2.64. The Morgan fingerprint density at radius 3 is 2.44 bits per heavy atom. The van der Waals surface area contributed by atoms with Crippen LogP contribution in [-0.4, -0.2) is 82.6 Å². The Labute approximate surface area is 353 Å². The fourth-order valence-electron chi connectivity index (χ4n) is 10.1. The average molecular weight is 874 g/mol. The van der Waals surface area contributed by atoms with Gasteiger partial charge in [0.25, 0.3) is 0 Å². The zero-order chi connectivity index (χ0) is 44.0. The van der Waals surface area contributed by atoms with Gasteiger partial charge in [-0.3, -0.25) is 23.9 Å². The van der Waals surface area contributed by atoms with Gasteiger partial charge in [-0.1, -0.05) is 25.0 Å². The molecule has 2 N–H and O–H groups in total. The monoisotopic (exact) mass is 873 g/mol. The molecule has 4 fully saturated rings. The Hall–Kier alpha value is -4.25. The molecule has 3 aliphatic carbocycles. The smallest absolute Gasteiger partial charge is 0.437 e. The standard InChI is InChI=1S/C44H54F3N3O10S/c1-39(15-10-16-39)59-33(52)19-26-11-8-6-5-7-9-12-27-21-43(27,38(54)49-61(56,57)40(2)17-18-40)23-32(51)31-22-42(25-50(31)37(26)53)24-41(3,55)34-29-20-28(58-4)13-14-30(29)48-36(35(34)60-42)44(45,46)47/h9,12-14,20,26-27,31,55H,5-8,10-11,15-19,21-25H2,1-4H3,(H,49,54)/b12-9-/t26-,27-,31+,41-,42+,43-/m1/s1. The number of esters is 1. The minimum atomic E-state index is -5.05. The van der Waals surface area contributed by atoms with Crippen molar-refractivity contribution in [3.8, 4) is 11.5 Å². The Kier molecular flexibility index (Phi) is 10.6. The predicted molar refractivity (Wildman–Crippen MR) is 215 cm³/mol. The van der Waals surface area contributed by atoms with E-state index in [0.717, 1.165) is 12.8 Å². The molecule has 4 heterocycles. The Morgan fingerprint density at radius 2 is 1.79 bits per heavy atom. The second-order valence-electron chi connectivity index (χ2n) is 19.2. The van der Waals surface area contributed by atoms with Gasteiger partial charge < -0.3 is 24.2 Å². The summed E-state index contributed by atoms with van der Waals surface area (Å²) in [7, 11) is -2.69. The number of halogens is 3. The summed E-state index contributed by atoms with van der Waals surface area (Å²) in [5.74, 6) is -4.48. The number of Topliss-reactive ketones (excluding diaryl/α,β-unsaturated/α-hetero) is 1. The van der Waals surface area contributed by atoms with E-state index in [4.69, 9.17) is 14.2 Å². The summed E-state index contributed by atoms with van der Waals surface area (Å²) in [6, 6.07) is 2.90. The summed E-state index contributed by atoms with van der Waals surface area (Å²) < 4.78 is 90.2. The van der Waals surface area contributed by atoms with Crippen LogP contribution in [-0.2, 0) is 45.7 Å². The van der Waals surface area contributed by atoms with Crippen molar-refractivity contribution < 1.29 is 60.1 Å². The number of hydrogen-bond donors (Lipinski definition) is 2. The third kappa shape index (κ3) is 8.02. The molecule has 13 nitrogen and oxygen atoms in total. The maximum absolute atomic E-state index is 15.0. The number of methoxy groups -OCH3 is 1. The van der Waals surface area contributed by atoms with E-state index in [2.05, 4.69) is 9.71 Å².